The van der Waals surface area contributed by atoms with Gasteiger partial charge in [0.05, 0.1) is 5.69 Å². The number of rotatable bonds is 4. The second kappa shape index (κ2) is 7.13. The monoisotopic (exact) mass is 393 g/mol. The van der Waals surface area contributed by atoms with E-state index in [1.165, 1.54) is 0 Å². The fraction of sp³-hybridized carbons (Fsp3) is 0.136. The van der Waals surface area contributed by atoms with Crippen molar-refractivity contribution in [3.8, 4) is 22.5 Å². The van der Waals surface area contributed by atoms with Crippen LogP contribution in [0.3, 0.4) is 0 Å². The van der Waals surface area contributed by atoms with Crippen molar-refractivity contribution in [1.82, 2.24) is 4.57 Å². The molecule has 0 aliphatic heterocycles. The molecule has 0 radical (unpaired) electrons. The van der Waals surface area contributed by atoms with E-state index in [2.05, 4.69) is 4.72 Å². The number of pyridine rings is 1. The SMILES string of the molecule is Cc1cc(-c2cc(N[SH+](C)=O)cc3cc(-c4ccccc4)oc23)cn(C)c1=O. The lowest BCUT2D eigenvalue weighted by Gasteiger charge is -2.09. The van der Waals surface area contributed by atoms with E-state index in [-0.39, 0.29) is 5.56 Å². The van der Waals surface area contributed by atoms with Crippen molar-refractivity contribution < 1.29 is 8.63 Å². The largest absolute Gasteiger partial charge is 0.455 e. The van der Waals surface area contributed by atoms with Crippen LogP contribution in [0.2, 0.25) is 0 Å². The number of thiol groups is 1. The number of benzene rings is 2. The Morgan fingerprint density at radius 1 is 1.04 bits per heavy atom. The van der Waals surface area contributed by atoms with Crippen molar-refractivity contribution in [2.75, 3.05) is 11.0 Å². The number of hydrogen-bond donors (Lipinski definition) is 1. The Bertz CT molecular complexity index is 1230. The highest BCUT2D eigenvalue weighted by molar-refractivity contribution is 7.85. The number of anilines is 1. The van der Waals surface area contributed by atoms with Gasteiger partial charge < -0.3 is 8.98 Å². The van der Waals surface area contributed by atoms with E-state index in [0.29, 0.717) is 5.56 Å². The first-order chi connectivity index (χ1) is 13.4. The quantitative estimate of drug-likeness (QED) is 0.412. The highest BCUT2D eigenvalue weighted by atomic mass is 32.2. The van der Waals surface area contributed by atoms with E-state index in [4.69, 9.17) is 4.42 Å². The van der Waals surface area contributed by atoms with Gasteiger partial charge in [0.25, 0.3) is 5.56 Å². The minimum absolute atomic E-state index is 0.0321. The van der Waals surface area contributed by atoms with Crippen molar-refractivity contribution in [2.45, 2.75) is 6.92 Å². The van der Waals surface area contributed by atoms with Crippen LogP contribution in [-0.2, 0) is 22.2 Å². The summed E-state index contributed by atoms with van der Waals surface area (Å²) < 4.78 is 22.5. The highest BCUT2D eigenvalue weighted by Crippen LogP contribution is 2.37. The number of aromatic nitrogens is 1. The summed E-state index contributed by atoms with van der Waals surface area (Å²) in [4.78, 5) is 12.1. The minimum atomic E-state index is -1.55. The zero-order chi connectivity index (χ0) is 19.8. The van der Waals surface area contributed by atoms with Crippen LogP contribution in [0.25, 0.3) is 33.4 Å². The molecule has 4 aromatic rings. The zero-order valence-corrected chi connectivity index (χ0v) is 16.8. The van der Waals surface area contributed by atoms with Gasteiger partial charge in [0.1, 0.15) is 17.6 Å². The van der Waals surface area contributed by atoms with E-state index < -0.39 is 11.0 Å². The van der Waals surface area contributed by atoms with Gasteiger partial charge >= 0.3 is 0 Å². The predicted octanol–water partition coefficient (Wildman–Crippen LogP) is 4.43. The van der Waals surface area contributed by atoms with Gasteiger partial charge in [-0.1, -0.05) is 34.5 Å². The third-order valence-corrected chi connectivity index (χ3v) is 5.21. The van der Waals surface area contributed by atoms with Crippen molar-refractivity contribution >= 4 is 27.6 Å². The van der Waals surface area contributed by atoms with Crippen LogP contribution < -0.4 is 10.3 Å². The minimum Gasteiger partial charge on any atom is -0.455 e. The van der Waals surface area contributed by atoms with Crippen LogP contribution in [0.4, 0.5) is 5.69 Å². The summed E-state index contributed by atoms with van der Waals surface area (Å²) in [6.07, 6.45) is 3.42. The molecule has 5 nitrogen and oxygen atoms in total. The molecule has 6 heteroatoms. The van der Waals surface area contributed by atoms with E-state index in [1.807, 2.05) is 54.6 Å². The summed E-state index contributed by atoms with van der Waals surface area (Å²) in [5.41, 5.74) is 4.80. The molecule has 2 aromatic heterocycles. The molecule has 28 heavy (non-hydrogen) atoms. The molecule has 2 aromatic carbocycles. The molecule has 0 spiro atoms. The Hall–Kier alpha value is -3.12. The molecule has 0 saturated heterocycles. The third-order valence-electron chi connectivity index (χ3n) is 4.63. The van der Waals surface area contributed by atoms with Crippen molar-refractivity contribution in [3.05, 3.63) is 76.7 Å². The predicted molar refractivity (Wildman–Crippen MR) is 116 cm³/mol. The Morgan fingerprint density at radius 2 is 1.79 bits per heavy atom. The van der Waals surface area contributed by atoms with Gasteiger partial charge in [0, 0.05) is 40.9 Å². The van der Waals surface area contributed by atoms with Crippen molar-refractivity contribution in [2.24, 2.45) is 7.05 Å². The van der Waals surface area contributed by atoms with Crippen molar-refractivity contribution in [1.29, 1.82) is 0 Å². The Labute approximate surface area is 165 Å². The van der Waals surface area contributed by atoms with Crippen LogP contribution >= 0.6 is 0 Å². The number of fused-ring (bicyclic) bond motifs is 1. The van der Waals surface area contributed by atoms with Crippen molar-refractivity contribution in [3.63, 3.8) is 0 Å². The maximum atomic E-state index is 12.1. The summed E-state index contributed by atoms with van der Waals surface area (Å²) in [6.45, 7) is 1.80. The van der Waals surface area contributed by atoms with E-state index >= 15 is 0 Å². The average Bonchev–Trinajstić information content (AvgIpc) is 3.09. The molecule has 0 amide bonds. The maximum Gasteiger partial charge on any atom is 0.253 e. The molecular weight excluding hydrogens is 372 g/mol. The van der Waals surface area contributed by atoms with Crippen LogP contribution in [0.15, 0.2) is 70.0 Å². The smallest absolute Gasteiger partial charge is 0.253 e. The normalized spacial score (nSPS) is 12.2. The standard InChI is InChI=1S/C22H20N2O3S/c1-14-9-17(13-24(2)22(14)25)19-12-18(23-28(3)26)10-16-11-20(27-21(16)19)15-7-5-4-6-8-15/h4-13H,1-3H3,(H,23,26)/p+1. The summed E-state index contributed by atoms with van der Waals surface area (Å²) in [7, 11) is 0.181. The summed E-state index contributed by atoms with van der Waals surface area (Å²) in [5.74, 6) is 0.761. The van der Waals surface area contributed by atoms with Gasteiger partial charge in [-0.2, -0.15) is 0 Å². The molecule has 142 valence electrons. The third kappa shape index (κ3) is 3.39. The Kier molecular flexibility index (Phi) is 4.65. The highest BCUT2D eigenvalue weighted by Gasteiger charge is 2.16. The molecule has 0 fully saturated rings. The first-order valence-electron chi connectivity index (χ1n) is 8.90. The Morgan fingerprint density at radius 3 is 2.46 bits per heavy atom. The number of hydrogen-bond acceptors (Lipinski definition) is 3. The van der Waals surface area contributed by atoms with Gasteiger partial charge in [0.2, 0.25) is 0 Å². The lowest BCUT2D eigenvalue weighted by molar-refractivity contribution is 0.601. The summed E-state index contributed by atoms with van der Waals surface area (Å²) in [6, 6.07) is 17.6. The van der Waals surface area contributed by atoms with E-state index in [1.54, 1.807) is 31.0 Å². The van der Waals surface area contributed by atoms with Crippen LogP contribution in [0.1, 0.15) is 5.56 Å². The van der Waals surface area contributed by atoms with Gasteiger partial charge in [-0.3, -0.25) is 4.79 Å². The van der Waals surface area contributed by atoms with Gasteiger partial charge in [-0.05, 0) is 31.2 Å². The Balaban J connectivity index is 1.98. The topological polar surface area (TPSA) is 64.2 Å². The first kappa shape index (κ1) is 18.3. The molecular formula is C22H21N2O3S+. The molecule has 1 atom stereocenters. The first-order valence-corrected chi connectivity index (χ1v) is 10.6. The molecule has 1 N–H and O–H groups in total. The van der Waals surface area contributed by atoms with E-state index in [9.17, 15) is 9.00 Å². The molecule has 0 bridgehead atoms. The zero-order valence-electron chi connectivity index (χ0n) is 15.9. The second-order valence-corrected chi connectivity index (χ2v) is 8.07. The second-order valence-electron chi connectivity index (χ2n) is 6.86. The average molecular weight is 393 g/mol. The summed E-state index contributed by atoms with van der Waals surface area (Å²) in [5, 5.41) is 0.905. The van der Waals surface area contributed by atoms with Crippen LogP contribution in [0, 0.1) is 6.92 Å². The molecule has 0 aliphatic rings. The maximum absolute atomic E-state index is 12.1. The number of aryl methyl sites for hydroxylation is 2. The lowest BCUT2D eigenvalue weighted by Crippen LogP contribution is -2.18. The van der Waals surface area contributed by atoms with Gasteiger partial charge in [0.15, 0.2) is 11.0 Å². The fourth-order valence-corrected chi connectivity index (χ4v) is 3.88. The lowest BCUT2D eigenvalue weighted by atomic mass is 10.0. The number of furan rings is 1. The summed E-state index contributed by atoms with van der Waals surface area (Å²) >= 11 is 0. The molecule has 4 rings (SSSR count). The van der Waals surface area contributed by atoms with E-state index in [0.717, 1.165) is 39.1 Å². The molecule has 0 saturated carbocycles. The van der Waals surface area contributed by atoms with Crippen LogP contribution in [0.5, 0.6) is 0 Å². The number of nitrogens with one attached hydrogen (secondary N) is 1. The molecule has 2 heterocycles. The van der Waals surface area contributed by atoms with Gasteiger partial charge in [-0.25, -0.2) is 4.72 Å². The number of nitrogens with zero attached hydrogens (tertiary/aromatic N) is 1. The van der Waals surface area contributed by atoms with Gasteiger partial charge in [-0.15, -0.1) is 0 Å². The molecule has 1 unspecified atom stereocenters. The molecule has 0 aliphatic carbocycles. The fourth-order valence-electron chi connectivity index (χ4n) is 3.38. The van der Waals surface area contributed by atoms with Crippen LogP contribution in [-0.4, -0.2) is 10.8 Å².